The van der Waals surface area contributed by atoms with E-state index >= 15 is 0 Å². The molecule has 0 aliphatic rings. The van der Waals surface area contributed by atoms with Gasteiger partial charge in [0.1, 0.15) is 4.90 Å². The Bertz CT molecular complexity index is 1210. The Morgan fingerprint density at radius 1 is 1.19 bits per heavy atom. The topological polar surface area (TPSA) is 94.7 Å². The van der Waals surface area contributed by atoms with Crippen molar-refractivity contribution in [3.63, 3.8) is 0 Å². The predicted octanol–water partition coefficient (Wildman–Crippen LogP) is 2.32. The van der Waals surface area contributed by atoms with Gasteiger partial charge in [-0.1, -0.05) is 18.2 Å². The maximum absolute atomic E-state index is 12.9. The van der Waals surface area contributed by atoms with E-state index in [1.165, 1.54) is 6.20 Å². The van der Waals surface area contributed by atoms with Crippen LogP contribution in [0.15, 0.2) is 59.9 Å². The lowest BCUT2D eigenvalue weighted by atomic mass is 10.2. The van der Waals surface area contributed by atoms with Gasteiger partial charge in [0.2, 0.25) is 0 Å². The maximum Gasteiger partial charge on any atom is 0.263 e. The van der Waals surface area contributed by atoms with Crippen molar-refractivity contribution in [2.45, 2.75) is 18.4 Å². The zero-order chi connectivity index (χ0) is 19.0. The van der Waals surface area contributed by atoms with E-state index in [9.17, 15) is 8.42 Å². The molecule has 9 heteroatoms. The van der Waals surface area contributed by atoms with Crippen molar-refractivity contribution < 1.29 is 8.42 Å². The number of fused-ring (bicyclic) bond motifs is 1. The van der Waals surface area contributed by atoms with Crippen LogP contribution < -0.4 is 4.72 Å². The summed E-state index contributed by atoms with van der Waals surface area (Å²) >= 11 is 0. The van der Waals surface area contributed by atoms with Gasteiger partial charge in [-0.15, -0.1) is 0 Å². The molecule has 0 fully saturated rings. The molecule has 0 amide bonds. The minimum absolute atomic E-state index is 0.0972. The van der Waals surface area contributed by atoms with Gasteiger partial charge >= 0.3 is 0 Å². The fourth-order valence-corrected chi connectivity index (χ4v) is 4.04. The molecule has 0 aliphatic carbocycles. The van der Waals surface area contributed by atoms with E-state index in [4.69, 9.17) is 0 Å². The minimum Gasteiger partial charge on any atom is -0.279 e. The highest BCUT2D eigenvalue weighted by molar-refractivity contribution is 7.92. The number of anilines is 1. The maximum atomic E-state index is 12.9. The van der Waals surface area contributed by atoms with Crippen LogP contribution in [0.4, 0.5) is 5.69 Å². The van der Waals surface area contributed by atoms with Gasteiger partial charge in [0.05, 0.1) is 17.9 Å². The number of hydrogen-bond acceptors (Lipinski definition) is 5. The Kier molecular flexibility index (Phi) is 4.15. The molecule has 8 nitrogen and oxygen atoms in total. The largest absolute Gasteiger partial charge is 0.279 e. The zero-order valence-corrected chi connectivity index (χ0v) is 15.7. The number of aromatic nitrogens is 5. The van der Waals surface area contributed by atoms with Gasteiger partial charge in [-0.05, 0) is 30.7 Å². The van der Waals surface area contributed by atoms with Gasteiger partial charge in [-0.25, -0.2) is 13.4 Å². The van der Waals surface area contributed by atoms with Crippen LogP contribution in [0.1, 0.15) is 11.3 Å². The number of pyridine rings is 1. The Labute approximate surface area is 156 Å². The predicted molar refractivity (Wildman–Crippen MR) is 102 cm³/mol. The molecule has 0 radical (unpaired) electrons. The van der Waals surface area contributed by atoms with Crippen molar-refractivity contribution in [1.82, 2.24) is 24.5 Å². The zero-order valence-electron chi connectivity index (χ0n) is 14.9. The molecule has 1 aromatic carbocycles. The highest BCUT2D eigenvalue weighted by atomic mass is 32.2. The summed E-state index contributed by atoms with van der Waals surface area (Å²) in [6.07, 6.45) is 4.86. The third-order valence-corrected chi connectivity index (χ3v) is 5.63. The third kappa shape index (κ3) is 3.28. The van der Waals surface area contributed by atoms with E-state index in [0.717, 1.165) is 11.3 Å². The first kappa shape index (κ1) is 17.2. The number of nitrogens with zero attached hydrogens (tertiary/aromatic N) is 5. The lowest BCUT2D eigenvalue weighted by molar-refractivity contribution is 0.600. The van der Waals surface area contributed by atoms with Gasteiger partial charge in [0.15, 0.2) is 5.65 Å². The molecule has 0 unspecified atom stereocenters. The summed E-state index contributed by atoms with van der Waals surface area (Å²) in [6.45, 7) is 2.29. The molecule has 4 rings (SSSR count). The summed E-state index contributed by atoms with van der Waals surface area (Å²) in [7, 11) is -2.01. The Morgan fingerprint density at radius 2 is 2.00 bits per heavy atom. The van der Waals surface area contributed by atoms with Crippen LogP contribution in [0.25, 0.3) is 11.0 Å². The molecule has 0 saturated carbocycles. The van der Waals surface area contributed by atoms with Gasteiger partial charge in [-0.3, -0.25) is 14.1 Å². The summed E-state index contributed by atoms with van der Waals surface area (Å²) in [5.74, 6) is 0. The first-order valence-corrected chi connectivity index (χ1v) is 9.80. The van der Waals surface area contributed by atoms with Gasteiger partial charge in [-0.2, -0.15) is 10.2 Å². The molecule has 27 heavy (non-hydrogen) atoms. The number of sulfonamides is 1. The van der Waals surface area contributed by atoms with Crippen LogP contribution in [0.2, 0.25) is 0 Å². The second kappa shape index (κ2) is 6.51. The van der Waals surface area contributed by atoms with Crippen molar-refractivity contribution in [2.75, 3.05) is 4.72 Å². The fraction of sp³-hybridized carbons (Fsp3) is 0.167. The van der Waals surface area contributed by atoms with Gasteiger partial charge in [0, 0.05) is 31.0 Å². The van der Waals surface area contributed by atoms with Gasteiger partial charge < -0.3 is 0 Å². The number of hydrogen-bond donors (Lipinski definition) is 1. The van der Waals surface area contributed by atoms with E-state index in [-0.39, 0.29) is 4.90 Å². The molecule has 1 N–H and O–H groups in total. The average molecular weight is 382 g/mol. The fourth-order valence-electron chi connectivity index (χ4n) is 2.97. The molecule has 3 aromatic heterocycles. The number of rotatable bonds is 5. The Balaban J connectivity index is 1.69. The van der Waals surface area contributed by atoms with Crippen LogP contribution in [-0.4, -0.2) is 33.0 Å². The summed E-state index contributed by atoms with van der Waals surface area (Å²) in [4.78, 5) is 4.36. The molecular weight excluding hydrogens is 364 g/mol. The summed E-state index contributed by atoms with van der Waals surface area (Å²) in [6, 6.07) is 10.7. The van der Waals surface area contributed by atoms with Crippen LogP contribution in [0, 0.1) is 6.92 Å². The lowest BCUT2D eigenvalue weighted by Crippen LogP contribution is -2.15. The molecule has 0 aliphatic heterocycles. The van der Waals surface area contributed by atoms with E-state index in [0.29, 0.717) is 23.3 Å². The third-order valence-electron chi connectivity index (χ3n) is 4.30. The normalized spacial score (nSPS) is 11.8. The summed E-state index contributed by atoms with van der Waals surface area (Å²) in [5, 5.41) is 9.17. The van der Waals surface area contributed by atoms with Crippen LogP contribution in [0.5, 0.6) is 0 Å². The molecule has 0 atom stereocenters. The molecule has 0 saturated heterocycles. The highest BCUT2D eigenvalue weighted by Crippen LogP contribution is 2.23. The number of para-hydroxylation sites is 1. The highest BCUT2D eigenvalue weighted by Gasteiger charge is 2.19. The lowest BCUT2D eigenvalue weighted by Gasteiger charge is -2.13. The van der Waals surface area contributed by atoms with Crippen LogP contribution in [0.3, 0.4) is 0 Å². The number of nitrogens with one attached hydrogen (secondary N) is 1. The monoisotopic (exact) mass is 382 g/mol. The minimum atomic E-state index is -3.79. The first-order chi connectivity index (χ1) is 12.9. The standard InChI is InChI=1S/C18H18N6O2S/c1-13-16-10-15(11-19-18(16)23(2)21-13)27(25,26)22-17-7-4-3-6-14(17)12-24-9-5-8-20-24/h3-11,22H,12H2,1-2H3. The molecule has 0 spiro atoms. The van der Waals surface area contributed by atoms with E-state index in [2.05, 4.69) is 19.9 Å². The first-order valence-electron chi connectivity index (χ1n) is 8.31. The van der Waals surface area contributed by atoms with Crippen LogP contribution in [-0.2, 0) is 23.6 Å². The molecular formula is C18H18N6O2S. The van der Waals surface area contributed by atoms with Gasteiger partial charge in [0.25, 0.3) is 10.0 Å². The SMILES string of the molecule is Cc1nn(C)c2ncc(S(=O)(=O)Nc3ccccc3Cn3cccn3)cc12. The van der Waals surface area contributed by atoms with E-state index in [1.54, 1.807) is 40.8 Å². The Morgan fingerprint density at radius 3 is 2.78 bits per heavy atom. The van der Waals surface area contributed by atoms with Crippen molar-refractivity contribution in [2.24, 2.45) is 7.05 Å². The second-order valence-electron chi connectivity index (χ2n) is 6.22. The smallest absolute Gasteiger partial charge is 0.263 e. The summed E-state index contributed by atoms with van der Waals surface area (Å²) < 4.78 is 31.9. The molecule has 0 bridgehead atoms. The molecule has 4 aromatic rings. The Hall–Kier alpha value is -3.20. The van der Waals surface area contributed by atoms with Crippen molar-refractivity contribution >= 4 is 26.7 Å². The van der Waals surface area contributed by atoms with Crippen molar-refractivity contribution in [3.05, 3.63) is 66.2 Å². The molecule has 3 heterocycles. The number of aryl methyl sites for hydroxylation is 2. The summed E-state index contributed by atoms with van der Waals surface area (Å²) in [5.41, 5.74) is 2.70. The van der Waals surface area contributed by atoms with E-state index < -0.39 is 10.0 Å². The van der Waals surface area contributed by atoms with E-state index in [1.807, 2.05) is 31.3 Å². The average Bonchev–Trinajstić information content (AvgIpc) is 3.25. The quantitative estimate of drug-likeness (QED) is 0.572. The second-order valence-corrected chi connectivity index (χ2v) is 7.90. The van der Waals surface area contributed by atoms with Crippen LogP contribution >= 0.6 is 0 Å². The van der Waals surface area contributed by atoms with Crippen molar-refractivity contribution in [1.29, 1.82) is 0 Å². The molecule has 138 valence electrons. The van der Waals surface area contributed by atoms with Crippen molar-refractivity contribution in [3.8, 4) is 0 Å². The number of benzene rings is 1.